The van der Waals surface area contributed by atoms with E-state index in [1.165, 1.54) is 71.4 Å². The van der Waals surface area contributed by atoms with E-state index in [0.29, 0.717) is 5.41 Å². The topological polar surface area (TPSA) is 13.0 Å². The van der Waals surface area contributed by atoms with Crippen LogP contribution in [0.2, 0.25) is 0 Å². The molecule has 0 aromatic rings. The maximum atomic E-state index is 2.67. The van der Waals surface area contributed by atoms with Crippen molar-refractivity contribution in [3.05, 3.63) is 0 Å². The Morgan fingerprint density at radius 2 is 0.867 bits per heavy atom. The highest BCUT2D eigenvalue weighted by Gasteiger charge is 2.44. The molecule has 0 unspecified atom stereocenters. The smallest absolute Gasteiger partial charge is 0.0242 e. The van der Waals surface area contributed by atoms with Crippen LogP contribution in [0.1, 0.15) is 87.5 Å². The van der Waals surface area contributed by atoms with Gasteiger partial charge in [0.05, 0.1) is 0 Å². The monoisotopic (exact) mass is 420 g/mol. The van der Waals surface area contributed by atoms with Crippen molar-refractivity contribution in [1.29, 1.82) is 0 Å². The van der Waals surface area contributed by atoms with E-state index < -0.39 is 0 Å². The Balaban J connectivity index is 0.000000177. The van der Waals surface area contributed by atoms with Crippen molar-refractivity contribution in [1.82, 2.24) is 19.6 Å². The van der Waals surface area contributed by atoms with E-state index in [0.717, 1.165) is 36.3 Å². The molecule has 0 aromatic carbocycles. The zero-order valence-corrected chi connectivity index (χ0v) is 21.5. The number of rotatable bonds is 4. The van der Waals surface area contributed by atoms with Crippen LogP contribution < -0.4 is 0 Å². The fourth-order valence-corrected chi connectivity index (χ4v) is 6.52. The third-order valence-electron chi connectivity index (χ3n) is 8.83. The van der Waals surface area contributed by atoms with E-state index in [1.54, 1.807) is 0 Å². The molecule has 4 heterocycles. The molecular weight excluding hydrogens is 368 g/mol. The summed E-state index contributed by atoms with van der Waals surface area (Å²) in [6.07, 6.45) is 7.18. The van der Waals surface area contributed by atoms with Gasteiger partial charge in [-0.2, -0.15) is 0 Å². The first-order valence-corrected chi connectivity index (χ1v) is 13.1. The predicted octanol–water partition coefficient (Wildman–Crippen LogP) is 4.54. The Labute approximate surface area is 188 Å². The van der Waals surface area contributed by atoms with Gasteiger partial charge in [-0.25, -0.2) is 0 Å². The van der Waals surface area contributed by atoms with Crippen molar-refractivity contribution in [3.8, 4) is 0 Å². The molecule has 30 heavy (non-hydrogen) atoms. The Kier molecular flexibility index (Phi) is 8.31. The third-order valence-corrected chi connectivity index (χ3v) is 8.83. The zero-order valence-electron chi connectivity index (χ0n) is 21.5. The quantitative estimate of drug-likeness (QED) is 0.662. The van der Waals surface area contributed by atoms with Gasteiger partial charge in [0.25, 0.3) is 0 Å². The first-order chi connectivity index (χ1) is 14.1. The van der Waals surface area contributed by atoms with Gasteiger partial charge in [0.2, 0.25) is 0 Å². The summed E-state index contributed by atoms with van der Waals surface area (Å²) in [6.45, 7) is 26.6. The van der Waals surface area contributed by atoms with E-state index in [2.05, 4.69) is 75.0 Å². The van der Waals surface area contributed by atoms with Gasteiger partial charge < -0.3 is 9.80 Å². The number of likely N-dealkylation sites (tertiary alicyclic amines) is 4. The molecule has 4 fully saturated rings. The van der Waals surface area contributed by atoms with Crippen LogP contribution in [0.5, 0.6) is 0 Å². The summed E-state index contributed by atoms with van der Waals surface area (Å²) in [5, 5.41) is 0. The first-order valence-electron chi connectivity index (χ1n) is 13.1. The molecule has 0 saturated carbocycles. The van der Waals surface area contributed by atoms with Gasteiger partial charge in [-0.05, 0) is 119 Å². The SMILES string of the molecule is CC(C)N1CCC2(CC1)CCN(C(C)C)CC2.CC(C)N1C[C@@H]2C[C@H]1CN2C(C)C. The summed E-state index contributed by atoms with van der Waals surface area (Å²) in [5.74, 6) is 0. The first kappa shape index (κ1) is 24.5. The number of piperidine rings is 2. The molecule has 2 atom stereocenters. The van der Waals surface area contributed by atoms with Crippen LogP contribution in [0, 0.1) is 5.41 Å². The van der Waals surface area contributed by atoms with Gasteiger partial charge in [-0.1, -0.05) is 0 Å². The van der Waals surface area contributed by atoms with Gasteiger partial charge in [0, 0.05) is 49.3 Å². The lowest BCUT2D eigenvalue weighted by Gasteiger charge is -2.48. The molecule has 4 nitrogen and oxygen atoms in total. The maximum absolute atomic E-state index is 2.67. The minimum Gasteiger partial charge on any atom is -0.301 e. The molecule has 0 aromatic heterocycles. The fraction of sp³-hybridized carbons (Fsp3) is 1.00. The highest BCUT2D eigenvalue weighted by molar-refractivity contribution is 5.01. The van der Waals surface area contributed by atoms with Crippen molar-refractivity contribution in [3.63, 3.8) is 0 Å². The van der Waals surface area contributed by atoms with Crippen molar-refractivity contribution in [2.24, 2.45) is 5.41 Å². The average Bonchev–Trinajstić information content (AvgIpc) is 3.30. The van der Waals surface area contributed by atoms with Crippen LogP contribution in [-0.2, 0) is 0 Å². The molecule has 176 valence electrons. The van der Waals surface area contributed by atoms with E-state index in [-0.39, 0.29) is 0 Å². The van der Waals surface area contributed by atoms with Gasteiger partial charge >= 0.3 is 0 Å². The molecule has 4 aliphatic rings. The number of nitrogens with zero attached hydrogens (tertiary/aromatic N) is 4. The van der Waals surface area contributed by atoms with Crippen molar-refractivity contribution in [2.45, 2.75) is 124 Å². The summed E-state index contributed by atoms with van der Waals surface area (Å²) >= 11 is 0. The van der Waals surface area contributed by atoms with E-state index >= 15 is 0 Å². The Hall–Kier alpha value is -0.160. The van der Waals surface area contributed by atoms with Crippen LogP contribution >= 0.6 is 0 Å². The van der Waals surface area contributed by atoms with Gasteiger partial charge in [0.1, 0.15) is 0 Å². The lowest BCUT2D eigenvalue weighted by Crippen LogP contribution is -2.50. The largest absolute Gasteiger partial charge is 0.301 e. The molecule has 1 spiro atoms. The van der Waals surface area contributed by atoms with E-state index in [9.17, 15) is 0 Å². The van der Waals surface area contributed by atoms with Crippen molar-refractivity contribution < 1.29 is 0 Å². The van der Waals surface area contributed by atoms with Crippen LogP contribution in [0.4, 0.5) is 0 Å². The molecule has 0 amide bonds. The Morgan fingerprint density at radius 1 is 0.533 bits per heavy atom. The lowest BCUT2D eigenvalue weighted by molar-refractivity contribution is 0.0168. The van der Waals surface area contributed by atoms with Gasteiger partial charge in [-0.3, -0.25) is 9.80 Å². The van der Waals surface area contributed by atoms with Crippen LogP contribution in [-0.4, -0.2) is 95.1 Å². The lowest BCUT2D eigenvalue weighted by atomic mass is 9.71. The van der Waals surface area contributed by atoms with Crippen molar-refractivity contribution in [2.75, 3.05) is 39.3 Å². The Bertz CT molecular complexity index is 464. The zero-order chi connectivity index (χ0) is 22.1. The summed E-state index contributed by atoms with van der Waals surface area (Å²) in [6, 6.07) is 4.67. The molecule has 4 rings (SSSR count). The van der Waals surface area contributed by atoms with Crippen LogP contribution in [0.25, 0.3) is 0 Å². The average molecular weight is 421 g/mol. The van der Waals surface area contributed by atoms with Crippen LogP contribution in [0.15, 0.2) is 0 Å². The normalized spacial score (nSPS) is 30.8. The number of fused-ring (bicyclic) bond motifs is 2. The fourth-order valence-electron chi connectivity index (χ4n) is 6.52. The maximum Gasteiger partial charge on any atom is 0.0242 e. The van der Waals surface area contributed by atoms with Gasteiger partial charge in [0.15, 0.2) is 0 Å². The second-order valence-corrected chi connectivity index (χ2v) is 11.9. The highest BCUT2D eigenvalue weighted by Crippen LogP contribution is 2.41. The number of hydrogen-bond acceptors (Lipinski definition) is 4. The molecule has 0 radical (unpaired) electrons. The summed E-state index contributed by atoms with van der Waals surface area (Å²) in [4.78, 5) is 10.6. The minimum absolute atomic E-state index is 0.705. The Morgan fingerprint density at radius 3 is 1.10 bits per heavy atom. The molecule has 4 saturated heterocycles. The number of piperazine rings is 1. The van der Waals surface area contributed by atoms with E-state index in [4.69, 9.17) is 0 Å². The predicted molar refractivity (Wildman–Crippen MR) is 130 cm³/mol. The highest BCUT2D eigenvalue weighted by atomic mass is 15.4. The molecule has 0 aliphatic carbocycles. The van der Waals surface area contributed by atoms with Crippen molar-refractivity contribution >= 4 is 0 Å². The molecule has 2 bridgehead atoms. The summed E-state index contributed by atoms with van der Waals surface area (Å²) < 4.78 is 0. The standard InChI is InChI=1S/C15H30N2.C11H22N2/c1-13(2)16-9-5-15(6-10-16)7-11-17(12-8-15)14(3)4;1-8(2)12-6-11-5-10(12)7-13(11)9(3)4/h13-14H,5-12H2,1-4H3;8-11H,5-7H2,1-4H3/t;10-,11-/m.0/s1. The number of hydrogen-bond donors (Lipinski definition) is 0. The molecule has 4 heteroatoms. The van der Waals surface area contributed by atoms with E-state index in [1.807, 2.05) is 0 Å². The van der Waals surface area contributed by atoms with Crippen LogP contribution in [0.3, 0.4) is 0 Å². The molecule has 0 N–H and O–H groups in total. The molecular formula is C26H52N4. The molecule has 4 aliphatic heterocycles. The second-order valence-electron chi connectivity index (χ2n) is 11.9. The summed E-state index contributed by atoms with van der Waals surface area (Å²) in [5.41, 5.74) is 0.705. The van der Waals surface area contributed by atoms with Gasteiger partial charge in [-0.15, -0.1) is 0 Å². The second kappa shape index (κ2) is 10.2. The summed E-state index contributed by atoms with van der Waals surface area (Å²) in [7, 11) is 0. The third kappa shape index (κ3) is 5.60. The minimum atomic E-state index is 0.705.